The van der Waals surface area contributed by atoms with E-state index < -0.39 is 35.7 Å². The Morgan fingerprint density at radius 3 is 2.29 bits per heavy atom. The number of nitrogens with zero attached hydrogens (tertiary/aromatic N) is 1. The molecule has 1 fully saturated rings. The molecule has 2 aromatic rings. The molecule has 0 aliphatic carbocycles. The van der Waals surface area contributed by atoms with Gasteiger partial charge in [-0.2, -0.15) is 8.78 Å². The largest absolute Gasteiger partial charge is 0.493 e. The van der Waals surface area contributed by atoms with Gasteiger partial charge in [-0.1, -0.05) is 23.9 Å². The minimum Gasteiger partial charge on any atom is -0.493 e. The molecule has 1 heterocycles. The SMILES string of the molecule is COc1cc([C@@]2(C)NC(=O)N(CC(=O)Nc3ccccc3SC(F)F)C2=O)cc(OC)c1OC. The zero-order valence-corrected chi connectivity index (χ0v) is 19.6. The maximum absolute atomic E-state index is 13.2. The Morgan fingerprint density at radius 2 is 1.74 bits per heavy atom. The normalized spacial score (nSPS) is 17.6. The number of hydrogen-bond acceptors (Lipinski definition) is 7. The average molecular weight is 496 g/mol. The Bertz CT molecular complexity index is 1090. The lowest BCUT2D eigenvalue weighted by atomic mass is 9.91. The number of anilines is 1. The third-order valence-corrected chi connectivity index (χ3v) is 5.98. The monoisotopic (exact) mass is 495 g/mol. The number of thioether (sulfide) groups is 1. The van der Waals surface area contributed by atoms with Gasteiger partial charge in [0.15, 0.2) is 11.5 Å². The van der Waals surface area contributed by atoms with E-state index in [-0.39, 0.29) is 33.8 Å². The number of alkyl halides is 2. The van der Waals surface area contributed by atoms with E-state index in [1.165, 1.54) is 52.5 Å². The van der Waals surface area contributed by atoms with E-state index in [1.807, 2.05) is 0 Å². The van der Waals surface area contributed by atoms with Crippen molar-refractivity contribution < 1.29 is 37.4 Å². The Morgan fingerprint density at radius 1 is 1.12 bits per heavy atom. The average Bonchev–Trinajstić information content (AvgIpc) is 3.02. The number of urea groups is 1. The van der Waals surface area contributed by atoms with E-state index in [0.29, 0.717) is 11.3 Å². The van der Waals surface area contributed by atoms with E-state index in [1.54, 1.807) is 12.1 Å². The van der Waals surface area contributed by atoms with Crippen molar-refractivity contribution in [2.75, 3.05) is 33.2 Å². The molecule has 1 aliphatic heterocycles. The van der Waals surface area contributed by atoms with Crippen LogP contribution >= 0.6 is 11.8 Å². The highest BCUT2D eigenvalue weighted by molar-refractivity contribution is 7.99. The quantitative estimate of drug-likeness (QED) is 0.406. The number of benzene rings is 2. The Hall–Kier alpha value is -3.54. The van der Waals surface area contributed by atoms with Gasteiger partial charge in [-0.05, 0) is 36.8 Å². The number of nitrogens with one attached hydrogen (secondary N) is 2. The predicted molar refractivity (Wildman–Crippen MR) is 121 cm³/mol. The maximum atomic E-state index is 13.2. The summed E-state index contributed by atoms with van der Waals surface area (Å²) in [5.41, 5.74) is -1.02. The van der Waals surface area contributed by atoms with E-state index >= 15 is 0 Å². The van der Waals surface area contributed by atoms with Crippen molar-refractivity contribution in [2.24, 2.45) is 0 Å². The third kappa shape index (κ3) is 4.86. The zero-order valence-electron chi connectivity index (χ0n) is 18.8. The summed E-state index contributed by atoms with van der Waals surface area (Å²) in [6, 6.07) is 8.28. The molecular formula is C22H23F2N3O6S. The number of methoxy groups -OCH3 is 3. The molecule has 1 atom stereocenters. The molecule has 2 aromatic carbocycles. The highest BCUT2D eigenvalue weighted by Gasteiger charge is 2.50. The van der Waals surface area contributed by atoms with E-state index in [0.717, 1.165) is 4.90 Å². The first-order valence-corrected chi connectivity index (χ1v) is 10.8. The summed E-state index contributed by atoms with van der Waals surface area (Å²) < 4.78 is 41.5. The molecule has 0 bridgehead atoms. The summed E-state index contributed by atoms with van der Waals surface area (Å²) in [4.78, 5) is 39.4. The number of imide groups is 1. The number of rotatable bonds is 9. The van der Waals surface area contributed by atoms with E-state index in [9.17, 15) is 23.2 Å². The second-order valence-electron chi connectivity index (χ2n) is 7.28. The Labute approximate surface area is 198 Å². The lowest BCUT2D eigenvalue weighted by Crippen LogP contribution is -2.42. The minimum atomic E-state index is -2.68. The molecule has 0 radical (unpaired) electrons. The first kappa shape index (κ1) is 25.1. The molecule has 2 N–H and O–H groups in total. The molecule has 1 saturated heterocycles. The van der Waals surface area contributed by atoms with Crippen molar-refractivity contribution in [1.82, 2.24) is 10.2 Å². The number of carbonyl (C=O) groups is 3. The fourth-order valence-corrected chi connectivity index (χ4v) is 4.10. The van der Waals surface area contributed by atoms with Gasteiger partial charge < -0.3 is 24.8 Å². The van der Waals surface area contributed by atoms with Crippen molar-refractivity contribution in [3.8, 4) is 17.2 Å². The summed E-state index contributed by atoms with van der Waals surface area (Å²) in [6.45, 7) is 0.874. The molecule has 12 heteroatoms. The zero-order chi connectivity index (χ0) is 25.0. The number of para-hydroxylation sites is 1. The molecule has 4 amide bonds. The molecule has 3 rings (SSSR count). The molecule has 182 valence electrons. The van der Waals surface area contributed by atoms with Crippen LogP contribution in [0, 0.1) is 0 Å². The summed E-state index contributed by atoms with van der Waals surface area (Å²) in [5, 5.41) is 5.07. The molecule has 34 heavy (non-hydrogen) atoms. The van der Waals surface area contributed by atoms with Crippen LogP contribution in [0.4, 0.5) is 19.3 Å². The first-order chi connectivity index (χ1) is 16.1. The van der Waals surface area contributed by atoms with Crippen LogP contribution in [-0.2, 0) is 15.1 Å². The van der Waals surface area contributed by atoms with Gasteiger partial charge in [0, 0.05) is 4.90 Å². The van der Waals surface area contributed by atoms with Crippen LogP contribution in [0.25, 0.3) is 0 Å². The van der Waals surface area contributed by atoms with Crippen LogP contribution in [0.15, 0.2) is 41.3 Å². The lowest BCUT2D eigenvalue weighted by molar-refractivity contribution is -0.133. The van der Waals surface area contributed by atoms with Crippen LogP contribution in [0.2, 0.25) is 0 Å². The molecule has 1 aliphatic rings. The third-order valence-electron chi connectivity index (χ3n) is 5.20. The topological polar surface area (TPSA) is 106 Å². The number of ether oxygens (including phenoxy) is 3. The fraction of sp³-hybridized carbons (Fsp3) is 0.318. The fourth-order valence-electron chi connectivity index (χ4n) is 3.51. The van der Waals surface area contributed by atoms with E-state index in [2.05, 4.69) is 10.6 Å². The number of hydrogen-bond donors (Lipinski definition) is 2. The van der Waals surface area contributed by atoms with Crippen molar-refractivity contribution >= 4 is 35.3 Å². The molecule has 0 saturated carbocycles. The standard InChI is InChI=1S/C22H23F2N3O6S/c1-22(12-9-14(31-2)18(33-4)15(10-12)32-3)19(29)27(21(30)26-22)11-17(28)25-13-7-5-6-8-16(13)34-20(23)24/h5-10,20H,11H2,1-4H3,(H,25,28)(H,26,30)/t22-/m1/s1. The smallest absolute Gasteiger partial charge is 0.325 e. The van der Waals surface area contributed by atoms with Crippen molar-refractivity contribution in [3.05, 3.63) is 42.0 Å². The molecule has 0 aromatic heterocycles. The minimum absolute atomic E-state index is 0.150. The molecule has 0 spiro atoms. The van der Waals surface area contributed by atoms with Gasteiger partial charge in [-0.15, -0.1) is 0 Å². The molecular weight excluding hydrogens is 472 g/mol. The van der Waals surface area contributed by atoms with Crippen LogP contribution < -0.4 is 24.8 Å². The van der Waals surface area contributed by atoms with Crippen molar-refractivity contribution in [1.29, 1.82) is 0 Å². The Balaban J connectivity index is 1.83. The number of amides is 4. The predicted octanol–water partition coefficient (Wildman–Crippen LogP) is 3.43. The second kappa shape index (κ2) is 10.2. The van der Waals surface area contributed by atoms with Crippen LogP contribution in [0.3, 0.4) is 0 Å². The molecule has 9 nitrogen and oxygen atoms in total. The Kier molecular flexibility index (Phi) is 7.50. The number of carbonyl (C=O) groups excluding carboxylic acids is 3. The van der Waals surface area contributed by atoms with Gasteiger partial charge in [0.05, 0.1) is 27.0 Å². The van der Waals surface area contributed by atoms with Gasteiger partial charge in [0.1, 0.15) is 12.1 Å². The van der Waals surface area contributed by atoms with Crippen LogP contribution in [0.1, 0.15) is 12.5 Å². The number of halogens is 2. The van der Waals surface area contributed by atoms with Gasteiger partial charge in [-0.25, -0.2) is 4.79 Å². The summed E-state index contributed by atoms with van der Waals surface area (Å²) in [5.74, 6) is -3.21. The van der Waals surface area contributed by atoms with E-state index in [4.69, 9.17) is 14.2 Å². The van der Waals surface area contributed by atoms with Crippen molar-refractivity contribution in [2.45, 2.75) is 23.1 Å². The van der Waals surface area contributed by atoms with Gasteiger partial charge >= 0.3 is 6.03 Å². The lowest BCUT2D eigenvalue weighted by Gasteiger charge is -2.24. The van der Waals surface area contributed by atoms with Gasteiger partial charge in [-0.3, -0.25) is 14.5 Å². The van der Waals surface area contributed by atoms with Crippen LogP contribution in [0.5, 0.6) is 17.2 Å². The summed E-state index contributed by atoms with van der Waals surface area (Å²) in [6.07, 6.45) is 0. The van der Waals surface area contributed by atoms with Gasteiger partial charge in [0.2, 0.25) is 11.7 Å². The van der Waals surface area contributed by atoms with Crippen LogP contribution in [-0.4, -0.2) is 56.4 Å². The maximum Gasteiger partial charge on any atom is 0.325 e. The highest BCUT2D eigenvalue weighted by Crippen LogP contribution is 2.42. The highest BCUT2D eigenvalue weighted by atomic mass is 32.2. The molecule has 0 unspecified atom stereocenters. The van der Waals surface area contributed by atoms with Gasteiger partial charge in [0.25, 0.3) is 11.7 Å². The first-order valence-electron chi connectivity index (χ1n) is 9.92. The summed E-state index contributed by atoms with van der Waals surface area (Å²) in [7, 11) is 4.26. The second-order valence-corrected chi connectivity index (χ2v) is 8.32. The summed E-state index contributed by atoms with van der Waals surface area (Å²) >= 11 is 0.276. The van der Waals surface area contributed by atoms with Crippen molar-refractivity contribution in [3.63, 3.8) is 0 Å².